The first-order valence-electron chi connectivity index (χ1n) is 8.76. The summed E-state index contributed by atoms with van der Waals surface area (Å²) in [5.74, 6) is -0.610. The van der Waals surface area contributed by atoms with Crippen molar-refractivity contribution in [1.29, 1.82) is 0 Å². The second-order valence-corrected chi connectivity index (χ2v) is 7.86. The maximum atomic E-state index is 12.7. The summed E-state index contributed by atoms with van der Waals surface area (Å²) >= 11 is 7.51. The Balaban J connectivity index is 1.87. The average molecular weight is 396 g/mol. The van der Waals surface area contributed by atoms with Crippen molar-refractivity contribution in [3.05, 3.63) is 32.9 Å². The van der Waals surface area contributed by atoms with Crippen molar-refractivity contribution in [2.75, 3.05) is 11.9 Å². The minimum Gasteiger partial charge on any atom is -0.462 e. The molecule has 8 heteroatoms. The highest BCUT2D eigenvalue weighted by molar-refractivity contribution is 7.17. The molecule has 0 aliphatic heterocycles. The Morgan fingerprint density at radius 1 is 1.42 bits per heavy atom. The Hall–Kier alpha value is -1.86. The third-order valence-corrected chi connectivity index (χ3v) is 6.10. The number of esters is 1. The van der Waals surface area contributed by atoms with Crippen molar-refractivity contribution in [2.45, 2.75) is 52.5 Å². The van der Waals surface area contributed by atoms with Crippen molar-refractivity contribution in [1.82, 2.24) is 9.78 Å². The van der Waals surface area contributed by atoms with Crippen molar-refractivity contribution >= 4 is 39.8 Å². The van der Waals surface area contributed by atoms with Crippen molar-refractivity contribution in [3.63, 3.8) is 0 Å². The number of aryl methyl sites for hydroxylation is 2. The fourth-order valence-corrected chi connectivity index (χ4v) is 4.49. The molecule has 0 fully saturated rings. The molecule has 0 spiro atoms. The number of hydrogen-bond acceptors (Lipinski definition) is 5. The number of aromatic nitrogens is 2. The van der Waals surface area contributed by atoms with Gasteiger partial charge in [0.05, 0.1) is 22.9 Å². The van der Waals surface area contributed by atoms with Gasteiger partial charge in [-0.2, -0.15) is 5.10 Å². The maximum Gasteiger partial charge on any atom is 0.341 e. The van der Waals surface area contributed by atoms with E-state index in [4.69, 9.17) is 16.3 Å². The molecule has 26 heavy (non-hydrogen) atoms. The third-order valence-electron chi connectivity index (χ3n) is 4.52. The Labute approximate surface area is 161 Å². The number of carbonyl (C=O) groups is 2. The lowest BCUT2D eigenvalue weighted by Crippen LogP contribution is -2.24. The first-order chi connectivity index (χ1) is 12.4. The molecule has 1 N–H and O–H groups in total. The van der Waals surface area contributed by atoms with Crippen LogP contribution in [-0.2, 0) is 22.4 Å². The molecule has 0 radical (unpaired) electrons. The molecular formula is C18H22ClN3O3S. The molecule has 2 aromatic rings. The van der Waals surface area contributed by atoms with Crippen LogP contribution in [0.2, 0.25) is 5.02 Å². The molecule has 0 saturated carbocycles. The van der Waals surface area contributed by atoms with E-state index >= 15 is 0 Å². The number of hydrogen-bond donors (Lipinski definition) is 1. The second-order valence-electron chi connectivity index (χ2n) is 6.34. The normalized spacial score (nSPS) is 14.6. The van der Waals surface area contributed by atoms with Gasteiger partial charge < -0.3 is 10.1 Å². The molecular weight excluding hydrogens is 374 g/mol. The lowest BCUT2D eigenvalue weighted by Gasteiger charge is -2.14. The van der Waals surface area contributed by atoms with E-state index in [1.165, 1.54) is 20.9 Å². The Bertz CT molecular complexity index is 824. The van der Waals surface area contributed by atoms with E-state index in [1.807, 2.05) is 0 Å². The van der Waals surface area contributed by atoms with Gasteiger partial charge in [-0.25, -0.2) is 4.79 Å². The first kappa shape index (κ1) is 18.9. The van der Waals surface area contributed by atoms with Gasteiger partial charge in [-0.15, -0.1) is 11.3 Å². The molecule has 2 aromatic heterocycles. The zero-order valence-corrected chi connectivity index (χ0v) is 16.7. The summed E-state index contributed by atoms with van der Waals surface area (Å²) in [6.07, 6.45) is 5.56. The van der Waals surface area contributed by atoms with Crippen LogP contribution in [0, 0.1) is 6.92 Å². The minimum absolute atomic E-state index is 0.242. The SMILES string of the molecule is CCOC(=O)c1c(NC(=O)C(C)n2cc(Cl)c(C)n2)sc2c1CCCC2. The molecule has 0 bridgehead atoms. The van der Waals surface area contributed by atoms with Crippen LogP contribution in [0.15, 0.2) is 6.20 Å². The van der Waals surface area contributed by atoms with Gasteiger partial charge in [-0.1, -0.05) is 11.6 Å². The minimum atomic E-state index is -0.546. The van der Waals surface area contributed by atoms with Crippen LogP contribution in [0.3, 0.4) is 0 Å². The van der Waals surface area contributed by atoms with Gasteiger partial charge in [0.2, 0.25) is 5.91 Å². The largest absolute Gasteiger partial charge is 0.462 e. The quantitative estimate of drug-likeness (QED) is 0.771. The zero-order chi connectivity index (χ0) is 18.8. The van der Waals surface area contributed by atoms with E-state index in [2.05, 4.69) is 10.4 Å². The van der Waals surface area contributed by atoms with Gasteiger partial charge in [0.15, 0.2) is 0 Å². The Morgan fingerprint density at radius 3 is 2.81 bits per heavy atom. The Kier molecular flexibility index (Phi) is 5.67. The molecule has 2 heterocycles. The zero-order valence-electron chi connectivity index (χ0n) is 15.1. The average Bonchev–Trinajstić information content (AvgIpc) is 3.14. The number of rotatable bonds is 5. The number of thiophene rings is 1. The summed E-state index contributed by atoms with van der Waals surface area (Å²) in [4.78, 5) is 26.4. The number of ether oxygens (including phenoxy) is 1. The lowest BCUT2D eigenvalue weighted by atomic mass is 9.95. The molecule has 1 amide bonds. The fraction of sp³-hybridized carbons (Fsp3) is 0.500. The number of carbonyl (C=O) groups excluding carboxylic acids is 2. The van der Waals surface area contributed by atoms with Crippen LogP contribution in [0.1, 0.15) is 59.2 Å². The van der Waals surface area contributed by atoms with Crippen molar-refractivity contribution in [3.8, 4) is 0 Å². The molecule has 6 nitrogen and oxygen atoms in total. The summed E-state index contributed by atoms with van der Waals surface area (Å²) in [6.45, 7) is 5.62. The highest BCUT2D eigenvalue weighted by Crippen LogP contribution is 2.39. The number of amides is 1. The van der Waals surface area contributed by atoms with Crippen LogP contribution in [-0.4, -0.2) is 28.3 Å². The molecule has 1 unspecified atom stereocenters. The fourth-order valence-electron chi connectivity index (χ4n) is 3.07. The highest BCUT2D eigenvalue weighted by atomic mass is 35.5. The summed E-state index contributed by atoms with van der Waals surface area (Å²) in [5, 5.41) is 8.26. The third kappa shape index (κ3) is 3.64. The van der Waals surface area contributed by atoms with Crippen molar-refractivity contribution in [2.24, 2.45) is 0 Å². The van der Waals surface area contributed by atoms with Gasteiger partial charge in [-0.3, -0.25) is 9.48 Å². The molecule has 1 atom stereocenters. The monoisotopic (exact) mass is 395 g/mol. The molecule has 1 aliphatic rings. The van der Waals surface area contributed by atoms with E-state index in [0.29, 0.717) is 27.9 Å². The van der Waals surface area contributed by atoms with Gasteiger partial charge in [0.1, 0.15) is 11.0 Å². The number of anilines is 1. The Morgan fingerprint density at radius 2 is 2.15 bits per heavy atom. The second kappa shape index (κ2) is 7.80. The van der Waals surface area contributed by atoms with Gasteiger partial charge >= 0.3 is 5.97 Å². The maximum absolute atomic E-state index is 12.7. The van der Waals surface area contributed by atoms with Crippen LogP contribution in [0.25, 0.3) is 0 Å². The predicted molar refractivity (Wildman–Crippen MR) is 102 cm³/mol. The number of halogens is 1. The standard InChI is InChI=1S/C18H22ClN3O3S/c1-4-25-18(24)15-12-7-5-6-8-14(12)26-17(15)20-16(23)11(3)22-9-13(19)10(2)21-22/h9,11H,4-8H2,1-3H3,(H,20,23). The summed E-state index contributed by atoms with van der Waals surface area (Å²) in [7, 11) is 0. The van der Waals surface area contributed by atoms with E-state index < -0.39 is 6.04 Å². The highest BCUT2D eigenvalue weighted by Gasteiger charge is 2.28. The summed E-state index contributed by atoms with van der Waals surface area (Å²) in [5.41, 5.74) is 2.22. The number of fused-ring (bicyclic) bond motifs is 1. The van der Waals surface area contributed by atoms with Crippen LogP contribution < -0.4 is 5.32 Å². The number of nitrogens with one attached hydrogen (secondary N) is 1. The molecule has 0 aromatic carbocycles. The lowest BCUT2D eigenvalue weighted by molar-refractivity contribution is -0.119. The molecule has 140 valence electrons. The van der Waals surface area contributed by atoms with E-state index in [-0.39, 0.29) is 11.9 Å². The smallest absolute Gasteiger partial charge is 0.341 e. The van der Waals surface area contributed by atoms with E-state index in [1.54, 1.807) is 27.0 Å². The van der Waals surface area contributed by atoms with Gasteiger partial charge in [0, 0.05) is 11.1 Å². The topological polar surface area (TPSA) is 73.2 Å². The van der Waals surface area contributed by atoms with Crippen LogP contribution in [0.5, 0.6) is 0 Å². The summed E-state index contributed by atoms with van der Waals surface area (Å²) in [6, 6.07) is -0.546. The van der Waals surface area contributed by atoms with Crippen molar-refractivity contribution < 1.29 is 14.3 Å². The molecule has 3 rings (SSSR count). The van der Waals surface area contributed by atoms with E-state index in [0.717, 1.165) is 31.2 Å². The van der Waals surface area contributed by atoms with Crippen LogP contribution >= 0.6 is 22.9 Å². The van der Waals surface area contributed by atoms with Gasteiger partial charge in [-0.05, 0) is 52.0 Å². The van der Waals surface area contributed by atoms with Gasteiger partial charge in [0.25, 0.3) is 0 Å². The van der Waals surface area contributed by atoms with E-state index in [9.17, 15) is 9.59 Å². The molecule has 0 saturated heterocycles. The summed E-state index contributed by atoms with van der Waals surface area (Å²) < 4.78 is 6.75. The predicted octanol–water partition coefficient (Wildman–Crippen LogP) is 4.16. The molecule has 1 aliphatic carbocycles. The first-order valence-corrected chi connectivity index (χ1v) is 9.95. The van der Waals surface area contributed by atoms with Crippen LogP contribution in [0.4, 0.5) is 5.00 Å². The number of nitrogens with zero attached hydrogens (tertiary/aromatic N) is 2.